The van der Waals surface area contributed by atoms with E-state index in [4.69, 9.17) is 0 Å². The molecule has 15 rings (SSSR count). The Hall–Kier alpha value is -7.34. The van der Waals surface area contributed by atoms with E-state index in [2.05, 4.69) is 311 Å². The van der Waals surface area contributed by atoms with Crippen molar-refractivity contribution in [3.05, 3.63) is 191 Å². The van der Waals surface area contributed by atoms with Crippen LogP contribution in [0.15, 0.2) is 152 Å². The molecule has 4 aliphatic heterocycles. The minimum absolute atomic E-state index is 0.0175. The second-order valence-electron chi connectivity index (χ2n) is 34.0. The number of fused-ring (bicyclic) bond motifs is 14. The van der Waals surface area contributed by atoms with Gasteiger partial charge in [-0.1, -0.05) is 242 Å². The fraction of sp³-hybridized carbons (Fsp3) is 0.341. The van der Waals surface area contributed by atoms with Crippen LogP contribution in [0.4, 0.5) is 17.1 Å². The van der Waals surface area contributed by atoms with Crippen molar-refractivity contribution in [1.29, 1.82) is 0 Å². The van der Waals surface area contributed by atoms with Crippen LogP contribution in [0.2, 0.25) is 0 Å². The third kappa shape index (κ3) is 7.79. The lowest BCUT2D eigenvalue weighted by molar-refractivity contribution is 0.590. The number of aromatic nitrogens is 2. The van der Waals surface area contributed by atoms with Crippen LogP contribution in [0.3, 0.4) is 0 Å². The molecule has 0 bridgehead atoms. The van der Waals surface area contributed by atoms with Crippen LogP contribution in [-0.4, -0.2) is 23.9 Å². The Labute approximate surface area is 519 Å². The molecule has 0 saturated heterocycles. The summed E-state index contributed by atoms with van der Waals surface area (Å²) in [4.78, 5) is 2.56. The summed E-state index contributed by atoms with van der Waals surface area (Å²) in [6.45, 7) is 50.0. The van der Waals surface area contributed by atoms with Crippen molar-refractivity contribution >= 4 is 113 Å². The number of hydrogen-bond acceptors (Lipinski definition) is 1. The minimum atomic E-state index is -3.21. The highest BCUT2D eigenvalue weighted by atomic mass is 28.3. The summed E-state index contributed by atoms with van der Waals surface area (Å²) >= 11 is 0. The van der Waals surface area contributed by atoms with Gasteiger partial charge in [0.05, 0.1) is 22.2 Å². The van der Waals surface area contributed by atoms with Gasteiger partial charge in [0.2, 0.25) is 0 Å². The SMILES string of the molecule is CC(C)(C)c1ccc(N(c2ccc(C(C)(C)C)cc2)c2ccc3c4c2c2ccc(C(C)(C)C)cc2n4-c2ccc4c5c2B3c2cc(C(C)(C)C)cc3c6cc(C(C)(C)C)cc(c6n-5c23)[Si]42c3cc(C(C)(C)C)ccc3-c3ccc(C(C)(C)C)cc32)cc1. The summed E-state index contributed by atoms with van der Waals surface area (Å²) in [6, 6.07) is 62.7. The lowest BCUT2D eigenvalue weighted by atomic mass is 9.34. The predicted molar refractivity (Wildman–Crippen MR) is 382 cm³/mol. The highest BCUT2D eigenvalue weighted by molar-refractivity contribution is 7.24. The number of hydrogen-bond donors (Lipinski definition) is 0. The van der Waals surface area contributed by atoms with Crippen molar-refractivity contribution in [2.75, 3.05) is 4.90 Å². The van der Waals surface area contributed by atoms with Crippen molar-refractivity contribution in [2.45, 2.75) is 183 Å². The fourth-order valence-electron chi connectivity index (χ4n) is 15.9. The second-order valence-corrected chi connectivity index (χ2v) is 37.6. The quantitative estimate of drug-likeness (QED) is 0.161. The molecule has 3 nitrogen and oxygen atoms in total. The lowest BCUT2D eigenvalue weighted by Crippen LogP contribution is -2.77. The van der Waals surface area contributed by atoms with E-state index in [1.807, 2.05) is 0 Å². The molecule has 1 spiro atoms. The lowest BCUT2D eigenvalue weighted by Gasteiger charge is -2.43. The molecule has 0 aliphatic carbocycles. The van der Waals surface area contributed by atoms with Gasteiger partial charge < -0.3 is 14.0 Å². The highest BCUT2D eigenvalue weighted by Gasteiger charge is 2.57. The topological polar surface area (TPSA) is 13.1 Å². The summed E-state index contributed by atoms with van der Waals surface area (Å²) in [5.74, 6) is 0. The van der Waals surface area contributed by atoms with Crippen molar-refractivity contribution in [1.82, 2.24) is 9.13 Å². The van der Waals surface area contributed by atoms with Gasteiger partial charge in [0.1, 0.15) is 0 Å². The monoisotopic (exact) mass is 1150 g/mol. The first-order chi connectivity index (χ1) is 40.6. The Morgan fingerprint density at radius 2 is 0.782 bits per heavy atom. The first-order valence-electron chi connectivity index (χ1n) is 32.4. The Kier molecular flexibility index (Phi) is 11.3. The second kappa shape index (κ2) is 17.5. The van der Waals surface area contributed by atoms with Gasteiger partial charge in [-0.05, 0) is 180 Å². The average molecular weight is 1150 g/mol. The number of anilines is 3. The molecule has 2 aromatic heterocycles. The van der Waals surface area contributed by atoms with Gasteiger partial charge in [-0.25, -0.2) is 0 Å². The smallest absolute Gasteiger partial charge is 0.252 e. The number of nitrogens with zero attached hydrogens (tertiary/aromatic N) is 3. The van der Waals surface area contributed by atoms with Crippen molar-refractivity contribution in [3.63, 3.8) is 0 Å². The van der Waals surface area contributed by atoms with Crippen LogP contribution in [-0.2, 0) is 37.9 Å². The Balaban J connectivity index is 1.15. The molecule has 0 saturated carbocycles. The predicted octanol–water partition coefficient (Wildman–Crippen LogP) is 17.2. The molecule has 0 unspecified atom stereocenters. The molecular formula is C82H88BN3Si. The zero-order valence-electron chi connectivity index (χ0n) is 55.9. The van der Waals surface area contributed by atoms with Crippen LogP contribution in [0.5, 0.6) is 0 Å². The Morgan fingerprint density at radius 1 is 0.333 bits per heavy atom. The molecular weight excluding hydrogens is 1070 g/mol. The third-order valence-electron chi connectivity index (χ3n) is 21.0. The van der Waals surface area contributed by atoms with E-state index >= 15 is 0 Å². The average Bonchev–Trinajstić information content (AvgIpc) is 1.54. The van der Waals surface area contributed by atoms with E-state index in [9.17, 15) is 0 Å². The first kappa shape index (κ1) is 56.2. The molecule has 0 amide bonds. The van der Waals surface area contributed by atoms with Crippen LogP contribution in [0.1, 0.15) is 184 Å². The largest absolute Gasteiger partial charge is 0.310 e. The zero-order chi connectivity index (χ0) is 61.7. The molecule has 0 atom stereocenters. The molecule has 438 valence electrons. The summed E-state index contributed by atoms with van der Waals surface area (Å²) in [5, 5.41) is 11.5. The van der Waals surface area contributed by atoms with Gasteiger partial charge in [-0.15, -0.1) is 0 Å². The molecule has 5 heteroatoms. The van der Waals surface area contributed by atoms with Gasteiger partial charge in [-0.2, -0.15) is 0 Å². The molecule has 6 heterocycles. The highest BCUT2D eigenvalue weighted by Crippen LogP contribution is 2.49. The maximum Gasteiger partial charge on any atom is 0.252 e. The van der Waals surface area contributed by atoms with Gasteiger partial charge in [0, 0.05) is 49.8 Å². The van der Waals surface area contributed by atoms with Gasteiger partial charge in [0.15, 0.2) is 8.07 Å². The number of rotatable bonds is 3. The van der Waals surface area contributed by atoms with Crippen LogP contribution >= 0.6 is 0 Å². The summed E-state index contributed by atoms with van der Waals surface area (Å²) in [6.07, 6.45) is 0. The number of benzene rings is 9. The zero-order valence-corrected chi connectivity index (χ0v) is 56.9. The molecule has 87 heavy (non-hydrogen) atoms. The summed E-state index contributed by atoms with van der Waals surface area (Å²) in [7, 11) is -3.21. The van der Waals surface area contributed by atoms with E-state index in [1.165, 1.54) is 132 Å². The minimum Gasteiger partial charge on any atom is -0.310 e. The fourth-order valence-corrected chi connectivity index (χ4v) is 21.6. The Bertz CT molecular complexity index is 4690. The molecule has 0 N–H and O–H groups in total. The van der Waals surface area contributed by atoms with E-state index in [1.54, 1.807) is 15.6 Å². The molecule has 11 aromatic rings. The first-order valence-corrected chi connectivity index (χ1v) is 34.4. The molecule has 4 aliphatic rings. The van der Waals surface area contributed by atoms with E-state index in [0.717, 1.165) is 11.4 Å². The molecule has 9 aromatic carbocycles. The third-order valence-corrected chi connectivity index (χ3v) is 25.8. The molecule has 0 fully saturated rings. The van der Waals surface area contributed by atoms with Gasteiger partial charge in [0.25, 0.3) is 6.71 Å². The Morgan fingerprint density at radius 3 is 1.29 bits per heavy atom. The van der Waals surface area contributed by atoms with Crippen LogP contribution in [0.25, 0.3) is 66.1 Å². The van der Waals surface area contributed by atoms with E-state index in [0.29, 0.717) is 0 Å². The standard InChI is InChI=1S/C82H88BN3Si/c1-76(2,3)47-22-29-54(30-23-47)84(55-31-24-48(25-32-55)77(4,5)6)63-37-36-61-74-70(63)58-35-28-49(78(7,8)9)43-65(58)85(74)64-38-39-66-75-71(64)83(61)62-42-52(81(16,17)18)40-59-60-41-53(82(19,20)21)46-69(73(60)86(75)72(59)62)87(66)67-44-50(79(10,11)12)26-33-56(67)57-34-27-51(45-68(57)87)80(13,14)15/h22-46H,1-21H3. The van der Waals surface area contributed by atoms with E-state index < -0.39 is 8.07 Å². The van der Waals surface area contributed by atoms with Crippen molar-refractivity contribution in [3.8, 4) is 22.5 Å². The van der Waals surface area contributed by atoms with Gasteiger partial charge in [-0.3, -0.25) is 0 Å². The van der Waals surface area contributed by atoms with Crippen molar-refractivity contribution in [2.24, 2.45) is 0 Å². The normalized spacial score (nSPS) is 15.0. The maximum atomic E-state index is 2.85. The van der Waals surface area contributed by atoms with Crippen molar-refractivity contribution < 1.29 is 0 Å². The van der Waals surface area contributed by atoms with Crippen LogP contribution < -0.4 is 42.0 Å². The van der Waals surface area contributed by atoms with Gasteiger partial charge >= 0.3 is 0 Å². The van der Waals surface area contributed by atoms with E-state index in [-0.39, 0.29) is 44.6 Å². The summed E-state index contributed by atoms with van der Waals surface area (Å²) in [5.41, 5.74) is 27.9. The molecule has 0 radical (unpaired) electrons. The summed E-state index contributed by atoms with van der Waals surface area (Å²) < 4.78 is 5.60. The van der Waals surface area contributed by atoms with Crippen LogP contribution in [0, 0.1) is 0 Å². The maximum absolute atomic E-state index is 3.21.